The number of nitrogens with zero attached hydrogens (tertiary/aromatic N) is 4. The third-order valence-electron chi connectivity index (χ3n) is 6.30. The molecule has 27 heavy (non-hydrogen) atoms. The molecule has 2 aliphatic heterocycles. The van der Waals surface area contributed by atoms with Gasteiger partial charge < -0.3 is 15.1 Å². The molecule has 1 aromatic heterocycles. The molecule has 0 unspecified atom stereocenters. The molecule has 0 amide bonds. The summed E-state index contributed by atoms with van der Waals surface area (Å²) in [5.74, 6) is 2.87. The number of likely N-dealkylation sites (tertiary alicyclic amines) is 1. The molecule has 4 rings (SSSR count). The molecule has 1 atom stereocenters. The number of rotatable bonds is 5. The summed E-state index contributed by atoms with van der Waals surface area (Å²) in [5.41, 5.74) is 2.76. The second-order valence-electron chi connectivity index (χ2n) is 9.19. The van der Waals surface area contributed by atoms with E-state index in [1.54, 1.807) is 0 Å². The maximum Gasteiger partial charge on any atom is 0.225 e. The molecule has 0 spiro atoms. The summed E-state index contributed by atoms with van der Waals surface area (Å²) in [6.45, 7) is 10.4. The highest BCUT2D eigenvalue weighted by molar-refractivity contribution is 5.54. The zero-order chi connectivity index (χ0) is 18.6. The Balaban J connectivity index is 1.52. The molecule has 0 radical (unpaired) electrons. The zero-order valence-electron chi connectivity index (χ0n) is 17.3. The molecule has 0 saturated carbocycles. The first-order chi connectivity index (χ1) is 13.2. The van der Waals surface area contributed by atoms with Gasteiger partial charge in [0, 0.05) is 44.3 Å². The Labute approximate surface area is 164 Å². The zero-order valence-corrected chi connectivity index (χ0v) is 17.3. The van der Waals surface area contributed by atoms with Crippen LogP contribution >= 0.6 is 0 Å². The molecule has 3 heterocycles. The minimum Gasteiger partial charge on any atom is -0.356 e. The van der Waals surface area contributed by atoms with E-state index in [0.29, 0.717) is 6.04 Å². The van der Waals surface area contributed by atoms with Crippen molar-refractivity contribution >= 4 is 11.8 Å². The average molecular weight is 372 g/mol. The highest BCUT2D eigenvalue weighted by Gasteiger charge is 2.26. The molecule has 150 valence electrons. The van der Waals surface area contributed by atoms with E-state index in [4.69, 9.17) is 9.97 Å². The van der Waals surface area contributed by atoms with Crippen LogP contribution in [0.3, 0.4) is 0 Å². The summed E-state index contributed by atoms with van der Waals surface area (Å²) >= 11 is 0. The average Bonchev–Trinajstić information content (AvgIpc) is 2.92. The SMILES string of the molecule is CC(C)CN1CC[C@H](Nc2nc3c(c(N4CCCCCC4)n2)CCCC3)C1. The molecular weight excluding hydrogens is 334 g/mol. The van der Waals surface area contributed by atoms with Gasteiger partial charge in [0.15, 0.2) is 0 Å². The highest BCUT2D eigenvalue weighted by atomic mass is 15.3. The van der Waals surface area contributed by atoms with E-state index in [0.717, 1.165) is 44.3 Å². The first kappa shape index (κ1) is 19.0. The topological polar surface area (TPSA) is 44.3 Å². The summed E-state index contributed by atoms with van der Waals surface area (Å²) < 4.78 is 0. The third-order valence-corrected chi connectivity index (χ3v) is 6.30. The lowest BCUT2D eigenvalue weighted by Gasteiger charge is -2.28. The van der Waals surface area contributed by atoms with Crippen LogP contribution in [0, 0.1) is 5.92 Å². The number of hydrogen-bond acceptors (Lipinski definition) is 5. The molecule has 5 heteroatoms. The Morgan fingerprint density at radius 1 is 0.963 bits per heavy atom. The van der Waals surface area contributed by atoms with Crippen LogP contribution in [0.2, 0.25) is 0 Å². The number of aromatic nitrogens is 2. The summed E-state index contributed by atoms with van der Waals surface area (Å²) in [4.78, 5) is 15.2. The van der Waals surface area contributed by atoms with Crippen LogP contribution in [0.25, 0.3) is 0 Å². The highest BCUT2D eigenvalue weighted by Crippen LogP contribution is 2.31. The first-order valence-electron chi connectivity index (χ1n) is 11.3. The van der Waals surface area contributed by atoms with Gasteiger partial charge in [-0.1, -0.05) is 26.7 Å². The molecule has 2 saturated heterocycles. The fourth-order valence-electron chi connectivity index (χ4n) is 5.00. The molecule has 1 aromatic rings. The Morgan fingerprint density at radius 2 is 1.74 bits per heavy atom. The fourth-order valence-corrected chi connectivity index (χ4v) is 5.00. The van der Waals surface area contributed by atoms with Gasteiger partial charge >= 0.3 is 0 Å². The molecule has 3 aliphatic rings. The Bertz CT molecular complexity index is 621. The summed E-state index contributed by atoms with van der Waals surface area (Å²) in [6, 6.07) is 0.488. The fraction of sp³-hybridized carbons (Fsp3) is 0.818. The van der Waals surface area contributed by atoms with Crippen LogP contribution in [-0.4, -0.2) is 53.6 Å². The maximum atomic E-state index is 5.09. The quantitative estimate of drug-likeness (QED) is 0.851. The number of nitrogens with one attached hydrogen (secondary N) is 1. The lowest BCUT2D eigenvalue weighted by molar-refractivity contribution is 0.296. The van der Waals surface area contributed by atoms with Crippen molar-refractivity contribution in [1.82, 2.24) is 14.9 Å². The number of aryl methyl sites for hydroxylation is 1. The van der Waals surface area contributed by atoms with Gasteiger partial charge in [-0.05, 0) is 50.9 Å². The van der Waals surface area contributed by atoms with Gasteiger partial charge in [0.05, 0.1) is 5.69 Å². The van der Waals surface area contributed by atoms with Crippen molar-refractivity contribution in [3.8, 4) is 0 Å². The lowest BCUT2D eigenvalue weighted by Crippen LogP contribution is -2.31. The number of fused-ring (bicyclic) bond motifs is 1. The van der Waals surface area contributed by atoms with Crippen molar-refractivity contribution in [3.05, 3.63) is 11.3 Å². The smallest absolute Gasteiger partial charge is 0.225 e. The van der Waals surface area contributed by atoms with Crippen molar-refractivity contribution in [2.75, 3.05) is 42.9 Å². The minimum absolute atomic E-state index is 0.488. The predicted octanol–water partition coefficient (Wildman–Crippen LogP) is 3.88. The van der Waals surface area contributed by atoms with E-state index in [1.807, 2.05) is 0 Å². The molecule has 2 fully saturated rings. The Morgan fingerprint density at radius 3 is 2.52 bits per heavy atom. The predicted molar refractivity (Wildman–Crippen MR) is 113 cm³/mol. The molecule has 0 bridgehead atoms. The van der Waals surface area contributed by atoms with Crippen molar-refractivity contribution < 1.29 is 0 Å². The number of anilines is 2. The van der Waals surface area contributed by atoms with Gasteiger partial charge in [-0.3, -0.25) is 0 Å². The van der Waals surface area contributed by atoms with Crippen molar-refractivity contribution in [2.24, 2.45) is 5.92 Å². The van der Waals surface area contributed by atoms with Crippen LogP contribution < -0.4 is 10.2 Å². The second kappa shape index (κ2) is 8.76. The van der Waals surface area contributed by atoms with E-state index in [-0.39, 0.29) is 0 Å². The molecule has 0 aromatic carbocycles. The van der Waals surface area contributed by atoms with Crippen LogP contribution in [-0.2, 0) is 12.8 Å². The van der Waals surface area contributed by atoms with Crippen molar-refractivity contribution in [3.63, 3.8) is 0 Å². The van der Waals surface area contributed by atoms with Gasteiger partial charge in [-0.15, -0.1) is 0 Å². The lowest BCUT2D eigenvalue weighted by atomic mass is 9.96. The molecule has 5 nitrogen and oxygen atoms in total. The Hall–Kier alpha value is -1.36. The van der Waals surface area contributed by atoms with E-state index in [1.165, 1.54) is 75.1 Å². The molecule has 1 N–H and O–H groups in total. The standard InChI is InChI=1S/C22H37N5/c1-17(2)15-26-14-11-18(16-26)23-22-24-20-10-6-5-9-19(20)21(25-22)27-12-7-3-4-8-13-27/h17-18H,3-16H2,1-2H3,(H,23,24,25)/t18-/m0/s1. The van der Waals surface area contributed by atoms with Crippen LogP contribution in [0.5, 0.6) is 0 Å². The minimum atomic E-state index is 0.488. The Kier molecular flexibility index (Phi) is 6.16. The van der Waals surface area contributed by atoms with Gasteiger partial charge in [0.25, 0.3) is 0 Å². The summed E-state index contributed by atoms with van der Waals surface area (Å²) in [5, 5.41) is 3.70. The largest absolute Gasteiger partial charge is 0.356 e. The summed E-state index contributed by atoms with van der Waals surface area (Å²) in [6.07, 6.45) is 11.4. The van der Waals surface area contributed by atoms with Gasteiger partial charge in [0.2, 0.25) is 5.95 Å². The van der Waals surface area contributed by atoms with Gasteiger partial charge in [0.1, 0.15) is 5.82 Å². The van der Waals surface area contributed by atoms with E-state index >= 15 is 0 Å². The third kappa shape index (κ3) is 4.74. The van der Waals surface area contributed by atoms with Gasteiger partial charge in [-0.2, -0.15) is 4.98 Å². The van der Waals surface area contributed by atoms with E-state index in [9.17, 15) is 0 Å². The monoisotopic (exact) mass is 371 g/mol. The van der Waals surface area contributed by atoms with Crippen LogP contribution in [0.1, 0.15) is 70.1 Å². The van der Waals surface area contributed by atoms with Crippen LogP contribution in [0.4, 0.5) is 11.8 Å². The van der Waals surface area contributed by atoms with Crippen molar-refractivity contribution in [1.29, 1.82) is 0 Å². The first-order valence-corrected chi connectivity index (χ1v) is 11.3. The normalized spacial score (nSPS) is 24.1. The second-order valence-corrected chi connectivity index (χ2v) is 9.19. The van der Waals surface area contributed by atoms with Crippen molar-refractivity contribution in [2.45, 2.75) is 77.7 Å². The number of hydrogen-bond donors (Lipinski definition) is 1. The molecule has 1 aliphatic carbocycles. The van der Waals surface area contributed by atoms with E-state index in [2.05, 4.69) is 29.0 Å². The molecular formula is C22H37N5. The maximum absolute atomic E-state index is 5.09. The van der Waals surface area contributed by atoms with Gasteiger partial charge in [-0.25, -0.2) is 4.98 Å². The van der Waals surface area contributed by atoms with Crippen LogP contribution in [0.15, 0.2) is 0 Å². The summed E-state index contributed by atoms with van der Waals surface area (Å²) in [7, 11) is 0. The van der Waals surface area contributed by atoms with E-state index < -0.39 is 0 Å².